The fraction of sp³-hybridized carbons (Fsp3) is 0.438. The van der Waals surface area contributed by atoms with Crippen molar-refractivity contribution in [1.29, 1.82) is 0 Å². The molecule has 0 fully saturated rings. The van der Waals surface area contributed by atoms with Crippen molar-refractivity contribution in [3.63, 3.8) is 0 Å². The Hall–Kier alpha value is -1.73. The smallest absolute Gasteiger partial charge is 0.245 e. The van der Waals surface area contributed by atoms with Crippen LogP contribution in [0.25, 0.3) is 0 Å². The van der Waals surface area contributed by atoms with Gasteiger partial charge in [0, 0.05) is 23.0 Å². The van der Waals surface area contributed by atoms with Gasteiger partial charge in [-0.1, -0.05) is 19.9 Å². The molecule has 2 aromatic rings. The lowest BCUT2D eigenvalue weighted by Crippen LogP contribution is -2.39. The molecule has 2 aromatic heterocycles. The van der Waals surface area contributed by atoms with Crippen molar-refractivity contribution in [3.05, 3.63) is 34.0 Å². The second kappa shape index (κ2) is 8.79. The zero-order chi connectivity index (χ0) is 16.7. The molecule has 0 radical (unpaired) electrons. The van der Waals surface area contributed by atoms with Crippen LogP contribution in [0.3, 0.4) is 0 Å². The van der Waals surface area contributed by atoms with Crippen molar-refractivity contribution >= 4 is 39.6 Å². The van der Waals surface area contributed by atoms with Crippen LogP contribution in [0.15, 0.2) is 29.1 Å². The Labute approximate surface area is 144 Å². The first-order valence-corrected chi connectivity index (χ1v) is 9.30. The number of rotatable bonds is 8. The predicted octanol–water partition coefficient (Wildman–Crippen LogP) is 3.26. The molecular weight excluding hydrogens is 330 g/mol. The average molecular weight is 351 g/mol. The van der Waals surface area contributed by atoms with Gasteiger partial charge in [0.2, 0.25) is 11.8 Å². The van der Waals surface area contributed by atoms with E-state index in [4.69, 9.17) is 0 Å². The van der Waals surface area contributed by atoms with Crippen molar-refractivity contribution in [3.8, 4) is 0 Å². The Morgan fingerprint density at radius 2 is 2.13 bits per heavy atom. The lowest BCUT2D eigenvalue weighted by molar-refractivity contribution is -0.134. The van der Waals surface area contributed by atoms with Crippen LogP contribution in [0, 0.1) is 5.92 Å². The van der Waals surface area contributed by atoms with Crippen molar-refractivity contribution in [2.75, 3.05) is 18.4 Å². The Kier molecular flexibility index (Phi) is 6.73. The van der Waals surface area contributed by atoms with Gasteiger partial charge >= 0.3 is 0 Å². The van der Waals surface area contributed by atoms with E-state index in [0.29, 0.717) is 24.0 Å². The number of nitrogens with one attached hydrogen (secondary N) is 1. The number of thiophene rings is 1. The molecule has 2 rings (SSSR count). The number of carbonyl (C=O) groups is 2. The molecule has 0 saturated heterocycles. The minimum absolute atomic E-state index is 0.0117. The lowest BCUT2D eigenvalue weighted by atomic mass is 10.1. The molecule has 0 aromatic carbocycles. The minimum Gasteiger partial charge on any atom is -0.333 e. The standard InChI is InChI=1S/C16H21N3O2S2/c1-12(2)5-7-19(15(21)10-13-4-3-8-22-13)11-14(20)18-16-17-6-9-23-16/h3-4,6,8-9,12H,5,7,10-11H2,1-2H3,(H,17,18,20). The summed E-state index contributed by atoms with van der Waals surface area (Å²) in [6, 6.07) is 3.87. The first-order chi connectivity index (χ1) is 11.0. The summed E-state index contributed by atoms with van der Waals surface area (Å²) in [6.07, 6.45) is 2.86. The number of anilines is 1. The van der Waals surface area contributed by atoms with Gasteiger partial charge in [0.1, 0.15) is 0 Å². The minimum atomic E-state index is -0.205. The van der Waals surface area contributed by atoms with E-state index < -0.39 is 0 Å². The van der Waals surface area contributed by atoms with Crippen molar-refractivity contribution in [1.82, 2.24) is 9.88 Å². The summed E-state index contributed by atoms with van der Waals surface area (Å²) < 4.78 is 0. The zero-order valence-electron chi connectivity index (χ0n) is 13.3. The molecule has 0 atom stereocenters. The second-order valence-electron chi connectivity index (χ2n) is 5.64. The molecule has 0 bridgehead atoms. The topological polar surface area (TPSA) is 62.3 Å². The highest BCUT2D eigenvalue weighted by atomic mass is 32.1. The van der Waals surface area contributed by atoms with Gasteiger partial charge in [0.25, 0.3) is 0 Å². The predicted molar refractivity (Wildman–Crippen MR) is 94.8 cm³/mol. The maximum Gasteiger partial charge on any atom is 0.245 e. The van der Waals surface area contributed by atoms with E-state index in [2.05, 4.69) is 24.1 Å². The quantitative estimate of drug-likeness (QED) is 0.794. The molecule has 1 N–H and O–H groups in total. The summed E-state index contributed by atoms with van der Waals surface area (Å²) in [6.45, 7) is 4.87. The van der Waals surface area contributed by atoms with Crippen molar-refractivity contribution in [2.24, 2.45) is 5.92 Å². The maximum absolute atomic E-state index is 12.5. The molecule has 2 heterocycles. The number of hydrogen-bond acceptors (Lipinski definition) is 5. The summed E-state index contributed by atoms with van der Waals surface area (Å²) in [4.78, 5) is 31.3. The van der Waals surface area contributed by atoms with Crippen LogP contribution in [0.1, 0.15) is 25.1 Å². The SMILES string of the molecule is CC(C)CCN(CC(=O)Nc1nccs1)C(=O)Cc1cccs1. The third-order valence-corrected chi connectivity index (χ3v) is 4.81. The van der Waals surface area contributed by atoms with E-state index in [0.717, 1.165) is 11.3 Å². The van der Waals surface area contributed by atoms with Crippen LogP contribution >= 0.6 is 22.7 Å². The van der Waals surface area contributed by atoms with Gasteiger partial charge in [-0.05, 0) is 23.8 Å². The molecular formula is C16H21N3O2S2. The van der Waals surface area contributed by atoms with E-state index >= 15 is 0 Å². The molecule has 0 unspecified atom stereocenters. The van der Waals surface area contributed by atoms with Crippen LogP contribution in [-0.2, 0) is 16.0 Å². The van der Waals surface area contributed by atoms with Crippen molar-refractivity contribution < 1.29 is 9.59 Å². The molecule has 2 amide bonds. The zero-order valence-corrected chi connectivity index (χ0v) is 15.0. The van der Waals surface area contributed by atoms with Crippen LogP contribution < -0.4 is 5.32 Å². The number of thiazole rings is 1. The Morgan fingerprint density at radius 1 is 1.30 bits per heavy atom. The van der Waals surface area contributed by atoms with Gasteiger partial charge in [-0.3, -0.25) is 9.59 Å². The summed E-state index contributed by atoms with van der Waals surface area (Å²) in [7, 11) is 0. The van der Waals surface area contributed by atoms with E-state index in [1.165, 1.54) is 11.3 Å². The van der Waals surface area contributed by atoms with Gasteiger partial charge in [0.05, 0.1) is 13.0 Å². The summed E-state index contributed by atoms with van der Waals surface area (Å²) in [5.74, 6) is 0.264. The largest absolute Gasteiger partial charge is 0.333 e. The van der Waals surface area contributed by atoms with E-state index in [1.54, 1.807) is 27.8 Å². The number of hydrogen-bond donors (Lipinski definition) is 1. The normalized spacial score (nSPS) is 10.7. The Bertz CT molecular complexity index is 609. The Morgan fingerprint density at radius 3 is 2.74 bits per heavy atom. The first-order valence-electron chi connectivity index (χ1n) is 7.54. The van der Waals surface area contributed by atoms with Gasteiger partial charge in [-0.2, -0.15) is 0 Å². The third-order valence-electron chi connectivity index (χ3n) is 3.25. The second-order valence-corrected chi connectivity index (χ2v) is 7.57. The van der Waals surface area contributed by atoms with E-state index in [-0.39, 0.29) is 18.4 Å². The molecule has 0 aliphatic carbocycles. The summed E-state index contributed by atoms with van der Waals surface area (Å²) >= 11 is 2.92. The monoisotopic (exact) mass is 351 g/mol. The lowest BCUT2D eigenvalue weighted by Gasteiger charge is -2.22. The number of aromatic nitrogens is 1. The molecule has 0 saturated carbocycles. The number of carbonyl (C=O) groups excluding carboxylic acids is 2. The van der Waals surface area contributed by atoms with E-state index in [1.807, 2.05) is 17.5 Å². The molecule has 23 heavy (non-hydrogen) atoms. The third kappa shape index (κ3) is 6.11. The number of nitrogens with zero attached hydrogens (tertiary/aromatic N) is 2. The molecule has 7 heteroatoms. The molecule has 124 valence electrons. The first kappa shape index (κ1) is 17.6. The molecule has 0 aliphatic heterocycles. The van der Waals surface area contributed by atoms with Crippen LogP contribution in [0.2, 0.25) is 0 Å². The number of amides is 2. The highest BCUT2D eigenvalue weighted by Gasteiger charge is 2.18. The molecule has 0 spiro atoms. The van der Waals surface area contributed by atoms with Crippen molar-refractivity contribution in [2.45, 2.75) is 26.7 Å². The van der Waals surface area contributed by atoms with E-state index in [9.17, 15) is 9.59 Å². The van der Waals surface area contributed by atoms with Gasteiger partial charge < -0.3 is 10.2 Å². The summed E-state index contributed by atoms with van der Waals surface area (Å²) in [5.41, 5.74) is 0. The van der Waals surface area contributed by atoms with Gasteiger partial charge in [0.15, 0.2) is 5.13 Å². The highest BCUT2D eigenvalue weighted by molar-refractivity contribution is 7.13. The van der Waals surface area contributed by atoms with Crippen LogP contribution in [-0.4, -0.2) is 34.8 Å². The Balaban J connectivity index is 1.94. The van der Waals surface area contributed by atoms with Crippen LogP contribution in [0.4, 0.5) is 5.13 Å². The summed E-state index contributed by atoms with van der Waals surface area (Å²) in [5, 5.41) is 7.04. The van der Waals surface area contributed by atoms with Gasteiger partial charge in [-0.25, -0.2) is 4.98 Å². The fourth-order valence-corrected chi connectivity index (χ4v) is 3.24. The highest BCUT2D eigenvalue weighted by Crippen LogP contribution is 2.13. The molecule has 5 nitrogen and oxygen atoms in total. The fourth-order valence-electron chi connectivity index (χ4n) is 2.00. The van der Waals surface area contributed by atoms with Crippen LogP contribution in [0.5, 0.6) is 0 Å². The maximum atomic E-state index is 12.5. The average Bonchev–Trinajstić information content (AvgIpc) is 3.16. The van der Waals surface area contributed by atoms with Gasteiger partial charge in [-0.15, -0.1) is 22.7 Å². The molecule has 0 aliphatic rings.